The molecule has 0 aliphatic heterocycles. The predicted molar refractivity (Wildman–Crippen MR) is 114 cm³/mol. The molecular weight excluding hydrogens is 362 g/mol. The minimum absolute atomic E-state index is 0.119. The van der Waals surface area contributed by atoms with E-state index in [1.54, 1.807) is 0 Å². The maximum absolute atomic E-state index is 11.4. The fourth-order valence-corrected chi connectivity index (χ4v) is 3.87. The quantitative estimate of drug-likeness (QED) is 0.690. The number of nitrogens with two attached hydrogens (primary N) is 1. The Kier molecular flexibility index (Phi) is 5.05. The van der Waals surface area contributed by atoms with E-state index in [0.717, 1.165) is 33.4 Å². The third-order valence-corrected chi connectivity index (χ3v) is 5.38. The van der Waals surface area contributed by atoms with Gasteiger partial charge in [-0.25, -0.2) is 0 Å². The maximum atomic E-state index is 11.4. The van der Waals surface area contributed by atoms with Crippen LogP contribution < -0.4 is 5.73 Å². The number of hydrogen-bond acceptors (Lipinski definition) is 3. The van der Waals surface area contributed by atoms with Crippen molar-refractivity contribution in [2.45, 2.75) is 18.6 Å². The minimum Gasteiger partial charge on any atom is -0.480 e. The molecule has 3 N–H and O–H groups in total. The van der Waals surface area contributed by atoms with E-state index in [9.17, 15) is 9.90 Å². The maximum Gasteiger partial charge on any atom is 0.322 e. The van der Waals surface area contributed by atoms with Crippen LogP contribution in [-0.2, 0) is 15.1 Å². The number of ether oxygens (including phenoxy) is 1. The van der Waals surface area contributed by atoms with E-state index in [0.29, 0.717) is 0 Å². The average Bonchev–Trinajstić information content (AvgIpc) is 2.88. The summed E-state index contributed by atoms with van der Waals surface area (Å²) in [6.07, 6.45) is 4.15. The van der Waals surface area contributed by atoms with E-state index in [1.165, 1.54) is 0 Å². The number of benzene rings is 3. The SMILES string of the molecule is Cc1ccc(C2(OC[C@H](N)C(=O)O)c3ccccc3C=Cc3ccccc32)cc1. The number of rotatable bonds is 5. The van der Waals surface area contributed by atoms with Gasteiger partial charge in [0.1, 0.15) is 11.6 Å². The van der Waals surface area contributed by atoms with Gasteiger partial charge in [-0.1, -0.05) is 90.5 Å². The second-order valence-electron chi connectivity index (χ2n) is 7.31. The van der Waals surface area contributed by atoms with E-state index in [1.807, 2.05) is 79.7 Å². The van der Waals surface area contributed by atoms with Crippen molar-refractivity contribution >= 4 is 18.1 Å². The van der Waals surface area contributed by atoms with Crippen LogP contribution in [0.2, 0.25) is 0 Å². The van der Waals surface area contributed by atoms with Crippen molar-refractivity contribution in [3.8, 4) is 0 Å². The normalized spacial score (nSPS) is 15.1. The van der Waals surface area contributed by atoms with Crippen LogP contribution in [0.4, 0.5) is 0 Å². The van der Waals surface area contributed by atoms with E-state index in [2.05, 4.69) is 12.2 Å². The fourth-order valence-electron chi connectivity index (χ4n) is 3.87. The van der Waals surface area contributed by atoms with Gasteiger partial charge in [0.25, 0.3) is 0 Å². The number of aryl methyl sites for hydroxylation is 1. The topological polar surface area (TPSA) is 72.5 Å². The molecule has 0 saturated carbocycles. The van der Waals surface area contributed by atoms with Crippen LogP contribution >= 0.6 is 0 Å². The van der Waals surface area contributed by atoms with Gasteiger partial charge in [0.05, 0.1) is 6.61 Å². The molecule has 4 nitrogen and oxygen atoms in total. The van der Waals surface area contributed by atoms with Crippen LogP contribution in [-0.4, -0.2) is 23.7 Å². The number of aliphatic carboxylic acids is 1. The van der Waals surface area contributed by atoms with Gasteiger partial charge in [-0.05, 0) is 23.6 Å². The predicted octanol–water partition coefficient (Wildman–Crippen LogP) is 4.20. The molecule has 0 aromatic heterocycles. The monoisotopic (exact) mass is 385 g/mol. The highest BCUT2D eigenvalue weighted by Crippen LogP contribution is 2.45. The van der Waals surface area contributed by atoms with E-state index in [-0.39, 0.29) is 6.61 Å². The largest absolute Gasteiger partial charge is 0.480 e. The number of carboxylic acids is 1. The Morgan fingerprint density at radius 2 is 1.45 bits per heavy atom. The molecule has 0 heterocycles. The molecule has 0 saturated heterocycles. The van der Waals surface area contributed by atoms with Gasteiger partial charge in [0.15, 0.2) is 0 Å². The number of hydrogen-bond donors (Lipinski definition) is 2. The zero-order chi connectivity index (χ0) is 20.4. The smallest absolute Gasteiger partial charge is 0.322 e. The first-order valence-electron chi connectivity index (χ1n) is 9.59. The lowest BCUT2D eigenvalue weighted by Crippen LogP contribution is -2.41. The first-order chi connectivity index (χ1) is 14.0. The van der Waals surface area contributed by atoms with Crippen molar-refractivity contribution in [3.05, 3.63) is 106 Å². The summed E-state index contributed by atoms with van der Waals surface area (Å²) in [5.41, 5.74) is 10.9. The summed E-state index contributed by atoms with van der Waals surface area (Å²) < 4.78 is 6.51. The first-order valence-corrected chi connectivity index (χ1v) is 9.59. The van der Waals surface area contributed by atoms with Crippen LogP contribution in [0, 0.1) is 6.92 Å². The Bertz CT molecular complexity index is 1020. The summed E-state index contributed by atoms with van der Waals surface area (Å²) in [5.74, 6) is -1.09. The average molecular weight is 385 g/mol. The Balaban J connectivity index is 2.01. The van der Waals surface area contributed by atoms with Gasteiger partial charge in [0.2, 0.25) is 0 Å². The molecule has 3 aromatic carbocycles. The summed E-state index contributed by atoms with van der Waals surface area (Å²) in [4.78, 5) is 11.4. The molecule has 146 valence electrons. The van der Waals surface area contributed by atoms with Gasteiger partial charge in [-0.2, -0.15) is 0 Å². The van der Waals surface area contributed by atoms with Crippen LogP contribution in [0.1, 0.15) is 33.4 Å². The molecule has 29 heavy (non-hydrogen) atoms. The second kappa shape index (κ2) is 7.66. The molecule has 0 fully saturated rings. The van der Waals surface area contributed by atoms with E-state index in [4.69, 9.17) is 10.5 Å². The molecular formula is C25H23NO3. The van der Waals surface area contributed by atoms with Crippen molar-refractivity contribution in [1.82, 2.24) is 0 Å². The molecule has 0 bridgehead atoms. The van der Waals surface area contributed by atoms with Crippen molar-refractivity contribution in [2.24, 2.45) is 5.73 Å². The molecule has 0 spiro atoms. The molecule has 4 heteroatoms. The van der Waals surface area contributed by atoms with E-state index < -0.39 is 17.6 Å². The van der Waals surface area contributed by atoms with Crippen LogP contribution in [0.25, 0.3) is 12.2 Å². The Hall–Kier alpha value is -3.21. The molecule has 0 amide bonds. The summed E-state index contributed by atoms with van der Waals surface area (Å²) in [5, 5.41) is 9.33. The zero-order valence-corrected chi connectivity index (χ0v) is 16.2. The van der Waals surface area contributed by atoms with Gasteiger partial charge < -0.3 is 15.6 Å². The lowest BCUT2D eigenvalue weighted by molar-refractivity contribution is -0.141. The third kappa shape index (κ3) is 3.37. The lowest BCUT2D eigenvalue weighted by atomic mass is 9.77. The van der Waals surface area contributed by atoms with Gasteiger partial charge in [-0.15, -0.1) is 0 Å². The number of fused-ring (bicyclic) bond motifs is 2. The highest BCUT2D eigenvalue weighted by atomic mass is 16.5. The summed E-state index contributed by atoms with van der Waals surface area (Å²) in [7, 11) is 0. The van der Waals surface area contributed by atoms with Gasteiger partial charge in [-0.3, -0.25) is 4.79 Å². The van der Waals surface area contributed by atoms with Crippen molar-refractivity contribution in [3.63, 3.8) is 0 Å². The van der Waals surface area contributed by atoms with Crippen LogP contribution in [0.5, 0.6) is 0 Å². The highest BCUT2D eigenvalue weighted by molar-refractivity contribution is 5.79. The molecule has 1 aliphatic rings. The van der Waals surface area contributed by atoms with Gasteiger partial charge >= 0.3 is 5.97 Å². The van der Waals surface area contributed by atoms with Crippen molar-refractivity contribution in [2.75, 3.05) is 6.61 Å². The Morgan fingerprint density at radius 3 is 1.97 bits per heavy atom. The number of carbonyl (C=O) groups is 1. The molecule has 1 aliphatic carbocycles. The minimum atomic E-state index is -1.12. The summed E-state index contributed by atoms with van der Waals surface area (Å²) in [6.45, 7) is 1.92. The van der Waals surface area contributed by atoms with Crippen LogP contribution in [0.3, 0.4) is 0 Å². The van der Waals surface area contributed by atoms with E-state index >= 15 is 0 Å². The molecule has 0 unspecified atom stereocenters. The molecule has 1 atom stereocenters. The zero-order valence-electron chi connectivity index (χ0n) is 16.2. The third-order valence-electron chi connectivity index (χ3n) is 5.38. The summed E-state index contributed by atoms with van der Waals surface area (Å²) in [6, 6.07) is 23.1. The van der Waals surface area contributed by atoms with Crippen molar-refractivity contribution in [1.29, 1.82) is 0 Å². The van der Waals surface area contributed by atoms with Crippen molar-refractivity contribution < 1.29 is 14.6 Å². The second-order valence-corrected chi connectivity index (χ2v) is 7.31. The number of carboxylic acid groups (broad SMARTS) is 1. The molecule has 3 aromatic rings. The summed E-state index contributed by atoms with van der Waals surface area (Å²) >= 11 is 0. The molecule has 0 radical (unpaired) electrons. The first kappa shape index (κ1) is 19.1. The fraction of sp³-hybridized carbons (Fsp3) is 0.160. The standard InChI is InChI=1S/C25H23NO3/c1-17-10-14-20(15-11-17)25(29-16-23(26)24(27)28)21-8-4-2-6-18(21)12-13-19-7-3-5-9-22(19)25/h2-15,23H,16,26H2,1H3,(H,27,28)/t23-/m0/s1. The Morgan fingerprint density at radius 1 is 0.931 bits per heavy atom. The Labute approximate surface area is 170 Å². The van der Waals surface area contributed by atoms with Crippen LogP contribution in [0.15, 0.2) is 72.8 Å². The highest BCUT2D eigenvalue weighted by Gasteiger charge is 2.41. The lowest BCUT2D eigenvalue weighted by Gasteiger charge is -2.37. The van der Waals surface area contributed by atoms with Gasteiger partial charge in [0, 0.05) is 11.1 Å². The molecule has 4 rings (SSSR count).